The van der Waals surface area contributed by atoms with Gasteiger partial charge >= 0.3 is 6.18 Å². The summed E-state index contributed by atoms with van der Waals surface area (Å²) in [5, 5.41) is 13.2. The number of hydrogen-bond acceptors (Lipinski definition) is 2. The zero-order valence-corrected chi connectivity index (χ0v) is 12.2. The first kappa shape index (κ1) is 16.3. The Balaban J connectivity index is 1.87. The summed E-state index contributed by atoms with van der Waals surface area (Å²) in [6, 6.07) is 4.90. The highest BCUT2D eigenvalue weighted by molar-refractivity contribution is 5.27. The minimum Gasteiger partial charge on any atom is -0.387 e. The minimum absolute atomic E-state index is 0.282. The van der Waals surface area contributed by atoms with E-state index >= 15 is 0 Å². The third-order valence-corrected chi connectivity index (χ3v) is 4.38. The van der Waals surface area contributed by atoms with E-state index in [0.29, 0.717) is 17.4 Å². The molecular formula is C16H22F3NO. The number of hydrogen-bond donors (Lipinski definition) is 2. The van der Waals surface area contributed by atoms with Crippen LogP contribution in [0.4, 0.5) is 13.2 Å². The number of alkyl halides is 3. The van der Waals surface area contributed by atoms with E-state index in [1.807, 2.05) is 0 Å². The molecule has 0 bridgehead atoms. The van der Waals surface area contributed by atoms with E-state index < -0.39 is 17.8 Å². The first-order valence-corrected chi connectivity index (χ1v) is 7.44. The van der Waals surface area contributed by atoms with Crippen LogP contribution in [-0.2, 0) is 6.18 Å². The SMILES string of the molecule is CC1CCCC1CNCC(O)c1cccc(C(F)(F)F)c1. The molecule has 2 N–H and O–H groups in total. The van der Waals surface area contributed by atoms with Crippen LogP contribution >= 0.6 is 0 Å². The Hall–Kier alpha value is -1.07. The van der Waals surface area contributed by atoms with Gasteiger partial charge in [-0.15, -0.1) is 0 Å². The van der Waals surface area contributed by atoms with Gasteiger partial charge in [0.25, 0.3) is 0 Å². The molecule has 3 atom stereocenters. The molecule has 2 nitrogen and oxygen atoms in total. The Morgan fingerprint density at radius 1 is 1.33 bits per heavy atom. The predicted octanol–water partition coefficient (Wildman–Crippen LogP) is 3.76. The maximum atomic E-state index is 12.6. The number of aliphatic hydroxyl groups is 1. The Kier molecular flexibility index (Phi) is 5.27. The smallest absolute Gasteiger partial charge is 0.387 e. The summed E-state index contributed by atoms with van der Waals surface area (Å²) in [7, 11) is 0. The van der Waals surface area contributed by atoms with Crippen LogP contribution in [-0.4, -0.2) is 18.2 Å². The van der Waals surface area contributed by atoms with Gasteiger partial charge in [-0.25, -0.2) is 0 Å². The highest BCUT2D eigenvalue weighted by Gasteiger charge is 2.31. The molecule has 1 fully saturated rings. The number of halogens is 3. The lowest BCUT2D eigenvalue weighted by atomic mass is 9.98. The third kappa shape index (κ3) is 4.45. The molecule has 0 amide bonds. The molecule has 1 aromatic rings. The van der Waals surface area contributed by atoms with Crippen LogP contribution in [0.2, 0.25) is 0 Å². The van der Waals surface area contributed by atoms with Crippen LogP contribution in [0.1, 0.15) is 43.4 Å². The molecule has 2 rings (SSSR count). The maximum Gasteiger partial charge on any atom is 0.416 e. The summed E-state index contributed by atoms with van der Waals surface area (Å²) in [5.41, 5.74) is -0.416. The van der Waals surface area contributed by atoms with Crippen LogP contribution in [0.15, 0.2) is 24.3 Å². The van der Waals surface area contributed by atoms with Gasteiger partial charge in [-0.1, -0.05) is 31.9 Å². The molecule has 1 aromatic carbocycles. The van der Waals surface area contributed by atoms with Gasteiger partial charge in [0.05, 0.1) is 11.7 Å². The van der Waals surface area contributed by atoms with E-state index in [0.717, 1.165) is 18.7 Å². The van der Waals surface area contributed by atoms with Crippen molar-refractivity contribution in [3.05, 3.63) is 35.4 Å². The summed E-state index contributed by atoms with van der Waals surface area (Å²) >= 11 is 0. The van der Waals surface area contributed by atoms with Crippen LogP contribution in [0.25, 0.3) is 0 Å². The van der Waals surface area contributed by atoms with Crippen molar-refractivity contribution in [3.63, 3.8) is 0 Å². The zero-order valence-electron chi connectivity index (χ0n) is 12.2. The van der Waals surface area contributed by atoms with Crippen molar-refractivity contribution in [2.45, 2.75) is 38.5 Å². The van der Waals surface area contributed by atoms with Crippen molar-refractivity contribution >= 4 is 0 Å². The molecule has 0 aliphatic heterocycles. The van der Waals surface area contributed by atoms with Gasteiger partial charge in [0, 0.05) is 6.54 Å². The second kappa shape index (κ2) is 6.79. The standard InChI is InChI=1S/C16H22F3NO/c1-11-4-2-6-13(11)9-20-10-15(21)12-5-3-7-14(8-12)16(17,18)19/h3,5,7-8,11,13,15,20-21H,2,4,6,9-10H2,1H3. The van der Waals surface area contributed by atoms with Crippen molar-refractivity contribution in [1.82, 2.24) is 5.32 Å². The molecule has 0 radical (unpaired) electrons. The van der Waals surface area contributed by atoms with E-state index in [9.17, 15) is 18.3 Å². The molecule has 5 heteroatoms. The number of rotatable bonds is 5. The molecule has 0 saturated heterocycles. The second-order valence-electron chi connectivity index (χ2n) is 5.97. The van der Waals surface area contributed by atoms with Gasteiger partial charge in [0.1, 0.15) is 0 Å². The maximum absolute atomic E-state index is 12.6. The quantitative estimate of drug-likeness (QED) is 0.868. The van der Waals surface area contributed by atoms with Gasteiger partial charge in [0.15, 0.2) is 0 Å². The van der Waals surface area contributed by atoms with Crippen LogP contribution in [0.3, 0.4) is 0 Å². The molecule has 3 unspecified atom stereocenters. The van der Waals surface area contributed by atoms with Crippen LogP contribution in [0.5, 0.6) is 0 Å². The van der Waals surface area contributed by atoms with Gasteiger partial charge < -0.3 is 10.4 Å². The summed E-state index contributed by atoms with van der Waals surface area (Å²) < 4.78 is 37.9. The topological polar surface area (TPSA) is 32.3 Å². The zero-order chi connectivity index (χ0) is 15.5. The van der Waals surface area contributed by atoms with Crippen molar-refractivity contribution in [2.75, 3.05) is 13.1 Å². The van der Waals surface area contributed by atoms with Crippen molar-refractivity contribution in [2.24, 2.45) is 11.8 Å². The Bertz CT molecular complexity index is 461. The normalized spacial score (nSPS) is 24.2. The number of aliphatic hydroxyl groups excluding tert-OH is 1. The number of benzene rings is 1. The average molecular weight is 301 g/mol. The van der Waals surface area contributed by atoms with Gasteiger partial charge in [0.2, 0.25) is 0 Å². The molecule has 1 aliphatic carbocycles. The van der Waals surface area contributed by atoms with Crippen molar-refractivity contribution in [1.29, 1.82) is 0 Å². The number of nitrogens with one attached hydrogen (secondary N) is 1. The van der Waals surface area contributed by atoms with Gasteiger partial charge in [-0.2, -0.15) is 13.2 Å². The minimum atomic E-state index is -4.37. The molecule has 0 heterocycles. The van der Waals surface area contributed by atoms with Crippen molar-refractivity contribution < 1.29 is 18.3 Å². The molecule has 1 aliphatic rings. The predicted molar refractivity (Wildman–Crippen MR) is 75.8 cm³/mol. The lowest BCUT2D eigenvalue weighted by Gasteiger charge is -2.18. The summed E-state index contributed by atoms with van der Waals surface area (Å²) in [6.07, 6.45) is -1.62. The first-order valence-electron chi connectivity index (χ1n) is 7.44. The Labute approximate surface area is 123 Å². The largest absolute Gasteiger partial charge is 0.416 e. The molecule has 21 heavy (non-hydrogen) atoms. The third-order valence-electron chi connectivity index (χ3n) is 4.38. The summed E-state index contributed by atoms with van der Waals surface area (Å²) in [4.78, 5) is 0. The average Bonchev–Trinajstić information content (AvgIpc) is 2.83. The van der Waals surface area contributed by atoms with E-state index in [-0.39, 0.29) is 6.54 Å². The van der Waals surface area contributed by atoms with Crippen LogP contribution in [0, 0.1) is 11.8 Å². The molecule has 118 valence electrons. The lowest BCUT2D eigenvalue weighted by molar-refractivity contribution is -0.137. The second-order valence-corrected chi connectivity index (χ2v) is 5.97. The van der Waals surface area contributed by atoms with Crippen LogP contribution < -0.4 is 5.32 Å². The Morgan fingerprint density at radius 2 is 2.10 bits per heavy atom. The van der Waals surface area contributed by atoms with E-state index in [1.165, 1.54) is 31.4 Å². The fourth-order valence-electron chi connectivity index (χ4n) is 2.97. The molecule has 0 aromatic heterocycles. The van der Waals surface area contributed by atoms with Crippen molar-refractivity contribution in [3.8, 4) is 0 Å². The first-order chi connectivity index (χ1) is 9.88. The lowest BCUT2D eigenvalue weighted by Crippen LogP contribution is -2.28. The van der Waals surface area contributed by atoms with Gasteiger partial charge in [-0.05, 0) is 42.5 Å². The van der Waals surface area contributed by atoms with E-state index in [4.69, 9.17) is 0 Å². The highest BCUT2D eigenvalue weighted by Crippen LogP contribution is 2.31. The van der Waals surface area contributed by atoms with Gasteiger partial charge in [-0.3, -0.25) is 0 Å². The highest BCUT2D eigenvalue weighted by atomic mass is 19.4. The fourth-order valence-corrected chi connectivity index (χ4v) is 2.97. The summed E-state index contributed by atoms with van der Waals surface area (Å²) in [6.45, 7) is 3.32. The summed E-state index contributed by atoms with van der Waals surface area (Å²) in [5.74, 6) is 1.29. The molecule has 0 spiro atoms. The molecule has 1 saturated carbocycles. The van der Waals surface area contributed by atoms with E-state index in [1.54, 1.807) is 0 Å². The molecular weight excluding hydrogens is 279 g/mol. The monoisotopic (exact) mass is 301 g/mol. The Morgan fingerprint density at radius 3 is 2.71 bits per heavy atom. The van der Waals surface area contributed by atoms with E-state index in [2.05, 4.69) is 12.2 Å². The fraction of sp³-hybridized carbons (Fsp3) is 0.625.